The van der Waals surface area contributed by atoms with Crippen LogP contribution in [-0.4, -0.2) is 5.54 Å². The van der Waals surface area contributed by atoms with E-state index in [1.54, 1.807) is 5.57 Å². The number of allylic oxidation sites excluding steroid dienone is 4. The second-order valence-electron chi connectivity index (χ2n) is 6.06. The predicted octanol–water partition coefficient (Wildman–Crippen LogP) is 3.83. The molecule has 0 aliphatic heterocycles. The van der Waals surface area contributed by atoms with Gasteiger partial charge in [0.25, 0.3) is 0 Å². The van der Waals surface area contributed by atoms with E-state index >= 15 is 0 Å². The summed E-state index contributed by atoms with van der Waals surface area (Å²) in [5.74, 6) is 1.72. The Kier molecular flexibility index (Phi) is 3.31. The fourth-order valence-corrected chi connectivity index (χ4v) is 3.25. The van der Waals surface area contributed by atoms with Crippen molar-refractivity contribution >= 4 is 0 Å². The van der Waals surface area contributed by atoms with Gasteiger partial charge in [0.05, 0.1) is 0 Å². The molecule has 0 heterocycles. The molecule has 2 aliphatic rings. The Bertz CT molecular complexity index is 384. The van der Waals surface area contributed by atoms with Gasteiger partial charge < -0.3 is 5.73 Å². The zero-order valence-electron chi connectivity index (χ0n) is 11.5. The Morgan fingerprint density at radius 1 is 1.18 bits per heavy atom. The molecule has 2 unspecified atom stereocenters. The van der Waals surface area contributed by atoms with Crippen molar-refractivity contribution in [2.24, 2.45) is 23.5 Å². The minimum atomic E-state index is -0.184. The van der Waals surface area contributed by atoms with Crippen molar-refractivity contribution in [1.82, 2.24) is 0 Å². The van der Waals surface area contributed by atoms with Crippen LogP contribution < -0.4 is 5.73 Å². The Hall–Kier alpha value is -0.820. The average Bonchev–Trinajstić information content (AvgIpc) is 2.50. The highest BCUT2D eigenvalue weighted by atomic mass is 14.8. The van der Waals surface area contributed by atoms with Crippen molar-refractivity contribution in [3.8, 4) is 0 Å². The molecule has 0 saturated carbocycles. The summed E-state index contributed by atoms with van der Waals surface area (Å²) in [4.78, 5) is 0. The molecule has 0 aromatic heterocycles. The second kappa shape index (κ2) is 4.45. The van der Waals surface area contributed by atoms with Crippen LogP contribution in [0.1, 0.15) is 40.5 Å². The largest absolute Gasteiger partial charge is 0.321 e. The fourth-order valence-electron chi connectivity index (χ4n) is 3.25. The molecule has 0 radical (unpaired) electrons. The van der Waals surface area contributed by atoms with Gasteiger partial charge in [-0.1, -0.05) is 50.6 Å². The van der Waals surface area contributed by atoms with Crippen LogP contribution in [0.5, 0.6) is 0 Å². The van der Waals surface area contributed by atoms with E-state index in [9.17, 15) is 0 Å². The van der Waals surface area contributed by atoms with Crippen LogP contribution in [0.2, 0.25) is 0 Å². The van der Waals surface area contributed by atoms with Gasteiger partial charge in [0, 0.05) is 5.54 Å². The average molecular weight is 231 g/mol. The highest BCUT2D eigenvalue weighted by molar-refractivity contribution is 5.43. The lowest BCUT2D eigenvalue weighted by atomic mass is 9.77. The maximum Gasteiger partial charge on any atom is 0.0406 e. The van der Waals surface area contributed by atoms with Crippen molar-refractivity contribution in [1.29, 1.82) is 0 Å². The molecular weight excluding hydrogens is 206 g/mol. The summed E-state index contributed by atoms with van der Waals surface area (Å²) in [6, 6.07) is 0. The molecule has 0 fully saturated rings. The van der Waals surface area contributed by atoms with E-state index in [4.69, 9.17) is 5.73 Å². The van der Waals surface area contributed by atoms with Crippen molar-refractivity contribution in [2.75, 3.05) is 0 Å². The molecule has 17 heavy (non-hydrogen) atoms. The first kappa shape index (κ1) is 12.6. The minimum absolute atomic E-state index is 0.184. The molecule has 94 valence electrons. The van der Waals surface area contributed by atoms with Crippen LogP contribution in [0.3, 0.4) is 0 Å². The molecule has 4 atom stereocenters. The molecule has 1 nitrogen and oxygen atoms in total. The topological polar surface area (TPSA) is 26.0 Å². The van der Waals surface area contributed by atoms with Crippen LogP contribution in [-0.2, 0) is 0 Å². The summed E-state index contributed by atoms with van der Waals surface area (Å²) < 4.78 is 0. The van der Waals surface area contributed by atoms with Gasteiger partial charge in [-0.25, -0.2) is 0 Å². The summed E-state index contributed by atoms with van der Waals surface area (Å²) in [5, 5.41) is 0. The zero-order chi connectivity index (χ0) is 12.6. The van der Waals surface area contributed by atoms with Crippen LogP contribution in [0.4, 0.5) is 0 Å². The maximum absolute atomic E-state index is 6.63. The molecule has 0 aromatic rings. The van der Waals surface area contributed by atoms with Crippen molar-refractivity contribution in [2.45, 2.75) is 46.1 Å². The maximum atomic E-state index is 6.63. The first-order chi connectivity index (χ1) is 7.94. The van der Waals surface area contributed by atoms with E-state index < -0.39 is 0 Å². The molecule has 0 saturated heterocycles. The van der Waals surface area contributed by atoms with E-state index in [2.05, 4.69) is 52.0 Å². The normalized spacial score (nSPS) is 42.1. The van der Waals surface area contributed by atoms with Crippen molar-refractivity contribution in [3.05, 3.63) is 35.5 Å². The van der Waals surface area contributed by atoms with E-state index in [1.807, 2.05) is 0 Å². The van der Waals surface area contributed by atoms with Gasteiger partial charge in [-0.15, -0.1) is 0 Å². The monoisotopic (exact) mass is 231 g/mol. The number of hydrogen-bond donors (Lipinski definition) is 1. The number of nitrogens with two attached hydrogens (primary N) is 1. The number of hydrogen-bond acceptors (Lipinski definition) is 1. The van der Waals surface area contributed by atoms with E-state index in [0.29, 0.717) is 17.8 Å². The van der Waals surface area contributed by atoms with Crippen LogP contribution in [0, 0.1) is 17.8 Å². The molecule has 0 bridgehead atoms. The first-order valence-electron chi connectivity index (χ1n) is 6.83. The quantitative estimate of drug-likeness (QED) is 0.673. The third kappa shape index (κ3) is 2.13. The molecule has 2 rings (SSSR count). The summed E-state index contributed by atoms with van der Waals surface area (Å²) in [6.07, 6.45) is 11.3. The van der Waals surface area contributed by atoms with E-state index in [1.165, 1.54) is 18.4 Å². The van der Waals surface area contributed by atoms with Gasteiger partial charge in [0.15, 0.2) is 0 Å². The number of rotatable bonds is 0. The SMILES string of the molecule is CC1C=CC=CC2=C1[C@@H](C)CC[C@@H](C)C2(C)N. The molecule has 2 N–H and O–H groups in total. The lowest BCUT2D eigenvalue weighted by Crippen LogP contribution is -2.44. The Morgan fingerprint density at radius 2 is 1.88 bits per heavy atom. The summed E-state index contributed by atoms with van der Waals surface area (Å²) in [6.45, 7) is 9.14. The molecular formula is C16H25N. The predicted molar refractivity (Wildman–Crippen MR) is 74.6 cm³/mol. The van der Waals surface area contributed by atoms with Crippen LogP contribution >= 0.6 is 0 Å². The lowest BCUT2D eigenvalue weighted by Gasteiger charge is -2.33. The summed E-state index contributed by atoms with van der Waals surface area (Å²) >= 11 is 0. The first-order valence-corrected chi connectivity index (χ1v) is 6.83. The molecule has 0 aromatic carbocycles. The molecule has 2 aliphatic carbocycles. The second-order valence-corrected chi connectivity index (χ2v) is 6.06. The third-order valence-electron chi connectivity index (χ3n) is 4.74. The van der Waals surface area contributed by atoms with E-state index in [-0.39, 0.29) is 5.54 Å². The molecule has 0 amide bonds. The van der Waals surface area contributed by atoms with Crippen LogP contribution in [0.25, 0.3) is 0 Å². The van der Waals surface area contributed by atoms with Gasteiger partial charge in [-0.05, 0) is 43.1 Å². The Balaban J connectivity index is 2.57. The Morgan fingerprint density at radius 3 is 2.59 bits per heavy atom. The smallest absolute Gasteiger partial charge is 0.0406 e. The van der Waals surface area contributed by atoms with Gasteiger partial charge in [-0.2, -0.15) is 0 Å². The zero-order valence-corrected chi connectivity index (χ0v) is 11.5. The lowest BCUT2D eigenvalue weighted by molar-refractivity contribution is 0.348. The minimum Gasteiger partial charge on any atom is -0.321 e. The van der Waals surface area contributed by atoms with Gasteiger partial charge in [0.2, 0.25) is 0 Å². The fraction of sp³-hybridized carbons (Fsp3) is 0.625. The molecule has 0 spiro atoms. The van der Waals surface area contributed by atoms with Gasteiger partial charge >= 0.3 is 0 Å². The third-order valence-corrected chi connectivity index (χ3v) is 4.74. The van der Waals surface area contributed by atoms with Crippen LogP contribution in [0.15, 0.2) is 35.5 Å². The standard InChI is InChI=1S/C16H25N/c1-11-7-5-6-8-14-15(11)12(2)9-10-13(3)16(14,4)17/h5-8,11-13H,9-10,17H2,1-4H3/t11?,12-,13+,16?/m0/s1. The highest BCUT2D eigenvalue weighted by Crippen LogP contribution is 2.41. The highest BCUT2D eigenvalue weighted by Gasteiger charge is 2.36. The summed E-state index contributed by atoms with van der Waals surface area (Å²) in [7, 11) is 0. The van der Waals surface area contributed by atoms with Crippen molar-refractivity contribution < 1.29 is 0 Å². The Labute approximate surface area is 105 Å². The van der Waals surface area contributed by atoms with Gasteiger partial charge in [0.1, 0.15) is 0 Å². The van der Waals surface area contributed by atoms with Crippen molar-refractivity contribution in [3.63, 3.8) is 0 Å². The van der Waals surface area contributed by atoms with Gasteiger partial charge in [-0.3, -0.25) is 0 Å². The summed E-state index contributed by atoms with van der Waals surface area (Å²) in [5.41, 5.74) is 9.39. The van der Waals surface area contributed by atoms with E-state index in [0.717, 1.165) is 0 Å². The molecule has 1 heteroatoms.